The Bertz CT molecular complexity index is 2110. The number of imide groups is 1. The number of benzene rings is 2. The number of amides is 2. The number of piperidine rings is 1. The predicted octanol–water partition coefficient (Wildman–Crippen LogP) is 6.11. The molecule has 4 fully saturated rings. The first-order valence-electron chi connectivity index (χ1n) is 19.8. The summed E-state index contributed by atoms with van der Waals surface area (Å²) in [6, 6.07) is 7.83. The van der Waals surface area contributed by atoms with Crippen LogP contribution in [0.3, 0.4) is 0 Å². The lowest BCUT2D eigenvalue weighted by Gasteiger charge is -2.39. The highest BCUT2D eigenvalue weighted by Crippen LogP contribution is 2.42. The Hall–Kier alpha value is -4.26. The number of carbonyl (C=O) groups excluding carboxylic acids is 2. The maximum Gasteiger partial charge on any atom is 0.419 e. The maximum atomic E-state index is 15.3. The van der Waals surface area contributed by atoms with Crippen LogP contribution in [-0.2, 0) is 25.8 Å². The Labute approximate surface area is 334 Å². The van der Waals surface area contributed by atoms with Gasteiger partial charge in [-0.3, -0.25) is 19.8 Å². The van der Waals surface area contributed by atoms with Gasteiger partial charge in [0.25, 0.3) is 0 Å². The molecule has 0 radical (unpaired) electrons. The van der Waals surface area contributed by atoms with Gasteiger partial charge in [-0.2, -0.15) is 13.2 Å². The van der Waals surface area contributed by atoms with Gasteiger partial charge in [-0.15, -0.1) is 0 Å². The van der Waals surface area contributed by atoms with Crippen molar-refractivity contribution >= 4 is 39.2 Å². The first-order chi connectivity index (χ1) is 27.4. The lowest BCUT2D eigenvalue weighted by Crippen LogP contribution is -2.48. The van der Waals surface area contributed by atoms with Crippen molar-refractivity contribution in [3.05, 3.63) is 71.1 Å². The summed E-state index contributed by atoms with van der Waals surface area (Å²) in [4.78, 5) is 35.8. The molecule has 18 heteroatoms. The largest absolute Gasteiger partial charge is 0.419 e. The molecule has 58 heavy (non-hydrogen) atoms. The molecule has 0 spiro atoms. The van der Waals surface area contributed by atoms with Crippen LogP contribution in [-0.4, -0.2) is 84.6 Å². The molecule has 0 bridgehead atoms. The van der Waals surface area contributed by atoms with Gasteiger partial charge in [0.1, 0.15) is 11.6 Å². The molecular weight excluding hydrogens is 786 g/mol. The number of rotatable bonds is 10. The molecule has 2 aliphatic carbocycles. The molecule has 1 atom stereocenters. The first-order valence-corrected chi connectivity index (χ1v) is 21.3. The topological polar surface area (TPSA) is 157 Å². The van der Waals surface area contributed by atoms with Gasteiger partial charge in [0.15, 0.2) is 0 Å². The lowest BCUT2D eigenvalue weighted by atomic mass is 9.78. The number of sulfonamides is 1. The van der Waals surface area contributed by atoms with Crippen LogP contribution in [0.25, 0.3) is 0 Å². The smallest absolute Gasteiger partial charge is 0.390 e. The van der Waals surface area contributed by atoms with E-state index in [-0.39, 0.29) is 47.0 Å². The summed E-state index contributed by atoms with van der Waals surface area (Å²) in [5, 5.41) is 15.2. The van der Waals surface area contributed by atoms with E-state index in [1.165, 1.54) is 18.2 Å². The fourth-order valence-electron chi connectivity index (χ4n) is 8.67. The van der Waals surface area contributed by atoms with Gasteiger partial charge in [0.05, 0.1) is 33.4 Å². The van der Waals surface area contributed by atoms with Crippen molar-refractivity contribution in [1.82, 2.24) is 24.9 Å². The SMILES string of the molecule is CC1(O)CCC(c2nc(Nc3ccc(S(=O)(=O)NC4CCC(CN5CCN(c6ccc(C7CCC(=O)NC7=O)c(F)c6)CC5)CC4)cc3F)ncc2C(F)(F)F)CC1. The summed E-state index contributed by atoms with van der Waals surface area (Å²) in [5.41, 5.74) is -1.36. The second-order valence-corrected chi connectivity index (χ2v) is 18.1. The number of hydrogen-bond donors (Lipinski definition) is 4. The quantitative estimate of drug-likeness (QED) is 0.139. The van der Waals surface area contributed by atoms with Gasteiger partial charge >= 0.3 is 6.18 Å². The molecule has 3 aromatic rings. The van der Waals surface area contributed by atoms with E-state index in [0.717, 1.165) is 44.2 Å². The van der Waals surface area contributed by atoms with Crippen molar-refractivity contribution in [3.8, 4) is 0 Å². The number of anilines is 3. The van der Waals surface area contributed by atoms with E-state index in [2.05, 4.69) is 35.1 Å². The molecule has 314 valence electrons. The van der Waals surface area contributed by atoms with Crippen LogP contribution in [0.15, 0.2) is 47.5 Å². The van der Waals surface area contributed by atoms with Gasteiger partial charge in [0.2, 0.25) is 27.8 Å². The van der Waals surface area contributed by atoms with E-state index in [4.69, 9.17) is 0 Å². The molecule has 4 N–H and O–H groups in total. The van der Waals surface area contributed by atoms with E-state index in [1.54, 1.807) is 13.0 Å². The van der Waals surface area contributed by atoms with E-state index < -0.39 is 56.7 Å². The molecule has 4 aliphatic rings. The highest BCUT2D eigenvalue weighted by molar-refractivity contribution is 7.89. The van der Waals surface area contributed by atoms with Gasteiger partial charge in [-0.05, 0) is 101 Å². The van der Waals surface area contributed by atoms with Crippen molar-refractivity contribution in [2.24, 2.45) is 5.92 Å². The highest BCUT2D eigenvalue weighted by Gasteiger charge is 2.40. The Morgan fingerprint density at radius 1 is 0.931 bits per heavy atom. The van der Waals surface area contributed by atoms with Crippen molar-refractivity contribution in [3.63, 3.8) is 0 Å². The molecule has 7 rings (SSSR count). The number of nitrogens with one attached hydrogen (secondary N) is 3. The molecule has 1 unspecified atom stereocenters. The zero-order chi connectivity index (χ0) is 41.4. The van der Waals surface area contributed by atoms with Crippen molar-refractivity contribution in [2.45, 2.75) is 106 Å². The molecule has 3 heterocycles. The minimum absolute atomic E-state index is 0.179. The zero-order valence-electron chi connectivity index (χ0n) is 32.1. The monoisotopic (exact) mass is 833 g/mol. The first kappa shape index (κ1) is 41.9. The Kier molecular flexibility index (Phi) is 12.1. The second kappa shape index (κ2) is 16.8. The molecule has 2 saturated carbocycles. The Morgan fingerprint density at radius 3 is 2.28 bits per heavy atom. The van der Waals surface area contributed by atoms with Crippen LogP contribution in [0.1, 0.15) is 99.8 Å². The van der Waals surface area contributed by atoms with Crippen LogP contribution in [0.2, 0.25) is 0 Å². The molecule has 2 aromatic carbocycles. The van der Waals surface area contributed by atoms with Gasteiger partial charge in [-0.25, -0.2) is 31.9 Å². The van der Waals surface area contributed by atoms with Crippen LogP contribution in [0.4, 0.5) is 39.3 Å². The minimum atomic E-state index is -4.71. The highest BCUT2D eigenvalue weighted by atomic mass is 32.2. The van der Waals surface area contributed by atoms with Crippen LogP contribution >= 0.6 is 0 Å². The van der Waals surface area contributed by atoms with Gasteiger partial charge in [0, 0.05) is 68.6 Å². The number of alkyl halides is 3. The normalized spacial score (nSPS) is 26.4. The lowest BCUT2D eigenvalue weighted by molar-refractivity contribution is -0.139. The number of carbonyl (C=O) groups is 2. The minimum Gasteiger partial charge on any atom is -0.390 e. The standard InChI is InChI=1S/C40H48F5N7O5S/c1-39(55)14-12-25(13-15-39)36-31(40(43,44)45)22-46-38(49-36)47-34-10-7-28(21-33(34)42)58(56,57)50-26-4-2-24(3-5-26)23-51-16-18-52(19-17-51)27-6-8-29(32(41)20-27)30-9-11-35(53)48-37(30)54/h6-8,10,20-22,24-26,30,50,55H,2-5,9,11-19,23H2,1H3,(H,46,47,49)(H,48,53,54). The summed E-state index contributed by atoms with van der Waals surface area (Å²) in [7, 11) is -4.09. The average molecular weight is 834 g/mol. The molecule has 12 nitrogen and oxygen atoms in total. The molecule has 2 saturated heterocycles. The summed E-state index contributed by atoms with van der Waals surface area (Å²) < 4.78 is 101. The van der Waals surface area contributed by atoms with E-state index >= 15 is 8.78 Å². The summed E-state index contributed by atoms with van der Waals surface area (Å²) in [6.45, 7) is 5.43. The number of aliphatic hydroxyl groups is 1. The fraction of sp³-hybridized carbons (Fsp3) is 0.550. The Balaban J connectivity index is 0.886. The number of nitrogens with zero attached hydrogens (tertiary/aromatic N) is 4. The fourth-order valence-corrected chi connectivity index (χ4v) is 9.99. The van der Waals surface area contributed by atoms with Crippen molar-refractivity contribution in [1.29, 1.82) is 0 Å². The Morgan fingerprint density at radius 2 is 1.64 bits per heavy atom. The summed E-state index contributed by atoms with van der Waals surface area (Å²) >= 11 is 0. The summed E-state index contributed by atoms with van der Waals surface area (Å²) in [5.74, 6) is -3.39. The van der Waals surface area contributed by atoms with Crippen molar-refractivity contribution in [2.75, 3.05) is 42.9 Å². The van der Waals surface area contributed by atoms with Crippen LogP contribution in [0, 0.1) is 17.6 Å². The van der Waals surface area contributed by atoms with Crippen molar-refractivity contribution < 1.29 is 45.1 Å². The third kappa shape index (κ3) is 9.77. The second-order valence-electron chi connectivity index (χ2n) is 16.4. The van der Waals surface area contributed by atoms with E-state index in [9.17, 15) is 36.3 Å². The average Bonchev–Trinajstić information content (AvgIpc) is 3.16. The molecule has 2 amide bonds. The van der Waals surface area contributed by atoms with Crippen LogP contribution in [0.5, 0.6) is 0 Å². The number of aromatic nitrogens is 2. The third-order valence-electron chi connectivity index (χ3n) is 12.1. The molecule has 1 aromatic heterocycles. The van der Waals surface area contributed by atoms with Gasteiger partial charge < -0.3 is 15.3 Å². The third-order valence-corrected chi connectivity index (χ3v) is 13.6. The summed E-state index contributed by atoms with van der Waals surface area (Å²) in [6.07, 6.45) is 0.418. The van der Waals surface area contributed by atoms with Crippen LogP contribution < -0.4 is 20.3 Å². The zero-order valence-corrected chi connectivity index (χ0v) is 32.9. The maximum absolute atomic E-state index is 15.3. The van der Waals surface area contributed by atoms with E-state index in [1.807, 2.05) is 6.07 Å². The molecular formula is C40H48F5N7O5S. The van der Waals surface area contributed by atoms with E-state index in [0.29, 0.717) is 69.3 Å². The number of halogens is 5. The number of hydrogen-bond acceptors (Lipinski definition) is 10. The predicted molar refractivity (Wildman–Crippen MR) is 205 cm³/mol. The van der Waals surface area contributed by atoms with Gasteiger partial charge in [-0.1, -0.05) is 6.07 Å². The molecule has 2 aliphatic heterocycles. The number of piperazine rings is 1.